The molecule has 0 amide bonds. The standard InChI is InChI=1S/C49H32O/c1-49(2)42-14-8-6-13-39(42)46-40(28-41-36-12-7-9-15-43(36)50-48(41)47(46)49)31-18-16-30(17-19-31)35-25-21-33-22-26-37-34(29-10-4-3-5-11-29)24-20-32-23-27-38(35)45(33)44(32)37/h3-28H,1-2H3. The number of rotatable bonds is 3. The van der Waals surface area contributed by atoms with E-state index in [1.54, 1.807) is 0 Å². The lowest BCUT2D eigenvalue weighted by Gasteiger charge is -2.22. The van der Waals surface area contributed by atoms with E-state index in [-0.39, 0.29) is 5.41 Å². The molecule has 0 unspecified atom stereocenters. The van der Waals surface area contributed by atoms with E-state index >= 15 is 0 Å². The largest absolute Gasteiger partial charge is 0.456 e. The van der Waals surface area contributed by atoms with Crippen molar-refractivity contribution in [3.8, 4) is 44.5 Å². The van der Waals surface area contributed by atoms with Crippen LogP contribution in [-0.2, 0) is 5.41 Å². The smallest absolute Gasteiger partial charge is 0.140 e. The van der Waals surface area contributed by atoms with Gasteiger partial charge in [-0.3, -0.25) is 0 Å². The summed E-state index contributed by atoms with van der Waals surface area (Å²) in [5, 5.41) is 10.2. The molecule has 1 nitrogen and oxygen atoms in total. The molecule has 11 rings (SSSR count). The molecule has 1 heteroatoms. The molecular weight excluding hydrogens is 605 g/mol. The quantitative estimate of drug-likeness (QED) is 0.176. The minimum Gasteiger partial charge on any atom is -0.456 e. The first-order chi connectivity index (χ1) is 24.6. The van der Waals surface area contributed by atoms with Crippen LogP contribution in [0.1, 0.15) is 25.0 Å². The van der Waals surface area contributed by atoms with Gasteiger partial charge in [-0.05, 0) is 94.5 Å². The van der Waals surface area contributed by atoms with Gasteiger partial charge in [0.2, 0.25) is 0 Å². The van der Waals surface area contributed by atoms with E-state index in [1.807, 2.05) is 0 Å². The summed E-state index contributed by atoms with van der Waals surface area (Å²) in [5.41, 5.74) is 14.5. The molecular formula is C49H32O. The van der Waals surface area contributed by atoms with Crippen molar-refractivity contribution in [1.29, 1.82) is 0 Å². The van der Waals surface area contributed by atoms with E-state index in [4.69, 9.17) is 4.42 Å². The second-order valence-electron chi connectivity index (χ2n) is 14.4. The molecule has 0 saturated heterocycles. The Balaban J connectivity index is 1.11. The highest BCUT2D eigenvalue weighted by Gasteiger charge is 2.40. The van der Waals surface area contributed by atoms with Gasteiger partial charge in [0.25, 0.3) is 0 Å². The van der Waals surface area contributed by atoms with Crippen LogP contribution >= 0.6 is 0 Å². The van der Waals surface area contributed by atoms with Gasteiger partial charge in [0, 0.05) is 21.8 Å². The second kappa shape index (κ2) is 9.94. The Kier molecular flexibility index (Phi) is 5.51. The Morgan fingerprint density at radius 3 is 1.68 bits per heavy atom. The number of para-hydroxylation sites is 1. The van der Waals surface area contributed by atoms with E-state index in [2.05, 4.69) is 172 Å². The molecule has 0 bridgehead atoms. The number of hydrogen-bond donors (Lipinski definition) is 0. The third-order valence-electron chi connectivity index (χ3n) is 11.4. The summed E-state index contributed by atoms with van der Waals surface area (Å²) in [6.07, 6.45) is 0. The molecule has 0 N–H and O–H groups in total. The van der Waals surface area contributed by atoms with Crippen molar-refractivity contribution in [3.05, 3.63) is 169 Å². The fourth-order valence-electron chi connectivity index (χ4n) is 9.10. The first-order valence-electron chi connectivity index (χ1n) is 17.5. The van der Waals surface area contributed by atoms with Crippen molar-refractivity contribution in [1.82, 2.24) is 0 Å². The zero-order chi connectivity index (χ0) is 33.1. The molecule has 1 aliphatic carbocycles. The third-order valence-corrected chi connectivity index (χ3v) is 11.4. The lowest BCUT2D eigenvalue weighted by atomic mass is 9.81. The van der Waals surface area contributed by atoms with Crippen LogP contribution in [0.3, 0.4) is 0 Å². The molecule has 0 saturated carbocycles. The SMILES string of the molecule is CC1(C)c2ccccc2-c2c(-c3ccc(-c4ccc5ccc6c(-c7ccccc7)ccc7ccc4c5c76)cc3)cc3c(oc4ccccc43)c21. The van der Waals surface area contributed by atoms with Crippen molar-refractivity contribution in [3.63, 3.8) is 0 Å². The van der Waals surface area contributed by atoms with E-state index in [9.17, 15) is 0 Å². The van der Waals surface area contributed by atoms with E-state index in [0.29, 0.717) is 0 Å². The molecule has 1 heterocycles. The zero-order valence-corrected chi connectivity index (χ0v) is 27.9. The Morgan fingerprint density at radius 2 is 0.980 bits per heavy atom. The molecule has 1 aromatic heterocycles. The molecule has 50 heavy (non-hydrogen) atoms. The fourth-order valence-corrected chi connectivity index (χ4v) is 9.10. The van der Waals surface area contributed by atoms with Crippen LogP contribution in [0, 0.1) is 0 Å². The van der Waals surface area contributed by atoms with Crippen molar-refractivity contribution >= 4 is 54.3 Å². The molecule has 1 aliphatic rings. The van der Waals surface area contributed by atoms with Gasteiger partial charge in [-0.25, -0.2) is 0 Å². The number of benzene rings is 9. The van der Waals surface area contributed by atoms with Crippen LogP contribution in [0.4, 0.5) is 0 Å². The summed E-state index contributed by atoms with van der Waals surface area (Å²) >= 11 is 0. The maximum atomic E-state index is 6.65. The minimum absolute atomic E-state index is 0.184. The summed E-state index contributed by atoms with van der Waals surface area (Å²) in [6.45, 7) is 4.68. The third kappa shape index (κ3) is 3.67. The van der Waals surface area contributed by atoms with Crippen LogP contribution in [0.5, 0.6) is 0 Å². The van der Waals surface area contributed by atoms with Crippen LogP contribution in [-0.4, -0.2) is 0 Å². The highest BCUT2D eigenvalue weighted by Crippen LogP contribution is 2.56. The monoisotopic (exact) mass is 636 g/mol. The van der Waals surface area contributed by atoms with Crippen LogP contribution in [0.2, 0.25) is 0 Å². The summed E-state index contributed by atoms with van der Waals surface area (Å²) < 4.78 is 6.65. The predicted octanol–water partition coefficient (Wildman–Crippen LogP) is 13.8. The van der Waals surface area contributed by atoms with Gasteiger partial charge in [0.1, 0.15) is 11.2 Å². The molecule has 0 spiro atoms. The molecule has 0 radical (unpaired) electrons. The lowest BCUT2D eigenvalue weighted by Crippen LogP contribution is -2.15. The summed E-state index contributed by atoms with van der Waals surface area (Å²) in [6, 6.07) is 58.1. The highest BCUT2D eigenvalue weighted by atomic mass is 16.3. The number of hydrogen-bond acceptors (Lipinski definition) is 1. The van der Waals surface area contributed by atoms with Crippen LogP contribution in [0.25, 0.3) is 98.8 Å². The van der Waals surface area contributed by atoms with Crippen LogP contribution < -0.4 is 0 Å². The van der Waals surface area contributed by atoms with Crippen molar-refractivity contribution in [2.75, 3.05) is 0 Å². The minimum atomic E-state index is -0.184. The summed E-state index contributed by atoms with van der Waals surface area (Å²) in [5.74, 6) is 0. The topological polar surface area (TPSA) is 13.1 Å². The van der Waals surface area contributed by atoms with Crippen LogP contribution in [0.15, 0.2) is 162 Å². The van der Waals surface area contributed by atoms with Gasteiger partial charge in [-0.15, -0.1) is 0 Å². The molecule has 0 fully saturated rings. The van der Waals surface area contributed by atoms with E-state index in [0.717, 1.165) is 11.2 Å². The Morgan fingerprint density at radius 1 is 0.420 bits per heavy atom. The van der Waals surface area contributed by atoms with Gasteiger partial charge in [0.05, 0.1) is 0 Å². The average molecular weight is 637 g/mol. The van der Waals surface area contributed by atoms with E-state index in [1.165, 1.54) is 98.7 Å². The first-order valence-corrected chi connectivity index (χ1v) is 17.5. The van der Waals surface area contributed by atoms with Crippen molar-refractivity contribution in [2.24, 2.45) is 0 Å². The normalized spacial score (nSPS) is 13.6. The number of fused-ring (bicyclic) bond motifs is 7. The first kappa shape index (κ1) is 27.7. The molecule has 0 aliphatic heterocycles. The van der Waals surface area contributed by atoms with Gasteiger partial charge in [-0.1, -0.05) is 159 Å². The average Bonchev–Trinajstić information content (AvgIpc) is 3.65. The summed E-state index contributed by atoms with van der Waals surface area (Å²) in [4.78, 5) is 0. The van der Waals surface area contributed by atoms with Gasteiger partial charge in [-0.2, -0.15) is 0 Å². The highest BCUT2D eigenvalue weighted by molar-refractivity contribution is 6.27. The second-order valence-corrected chi connectivity index (χ2v) is 14.4. The molecule has 0 atom stereocenters. The Hall–Kier alpha value is -6.18. The van der Waals surface area contributed by atoms with Gasteiger partial charge < -0.3 is 4.42 Å². The van der Waals surface area contributed by atoms with Gasteiger partial charge >= 0.3 is 0 Å². The van der Waals surface area contributed by atoms with Crippen molar-refractivity contribution in [2.45, 2.75) is 19.3 Å². The summed E-state index contributed by atoms with van der Waals surface area (Å²) in [7, 11) is 0. The molecule has 234 valence electrons. The molecule has 9 aromatic carbocycles. The Bertz CT molecular complexity index is 2980. The number of furan rings is 1. The maximum absolute atomic E-state index is 6.65. The maximum Gasteiger partial charge on any atom is 0.140 e. The van der Waals surface area contributed by atoms with Crippen molar-refractivity contribution < 1.29 is 4.42 Å². The Labute approximate surface area is 290 Å². The zero-order valence-electron chi connectivity index (χ0n) is 27.9. The fraction of sp³-hybridized carbons (Fsp3) is 0.0612. The van der Waals surface area contributed by atoms with Gasteiger partial charge in [0.15, 0.2) is 0 Å². The van der Waals surface area contributed by atoms with E-state index < -0.39 is 0 Å². The lowest BCUT2D eigenvalue weighted by molar-refractivity contribution is 0.620. The molecule has 10 aromatic rings. The predicted molar refractivity (Wildman–Crippen MR) is 211 cm³/mol.